The second-order valence-electron chi connectivity index (χ2n) is 12.9. The van der Waals surface area contributed by atoms with Gasteiger partial charge in [-0.2, -0.15) is 0 Å². The molecular weight excluding hydrogens is 639 g/mol. The molecule has 10 rings (SSSR count). The van der Waals surface area contributed by atoms with E-state index in [2.05, 4.69) is 181 Å². The minimum Gasteiger partial charge on any atom is -0.456 e. The molecule has 0 fully saturated rings. The molecule has 2 aromatic heterocycles. The molecule has 51 heavy (non-hydrogen) atoms. The highest BCUT2D eigenvalue weighted by Crippen LogP contribution is 2.50. The number of hydrogen-bond donors (Lipinski definition) is 0. The second-order valence-corrected chi connectivity index (χ2v) is 13.9. The molecule has 0 radical (unpaired) electrons. The van der Waals surface area contributed by atoms with E-state index in [0.717, 1.165) is 38.9 Å². The lowest BCUT2D eigenvalue weighted by atomic mass is 9.97. The van der Waals surface area contributed by atoms with Crippen molar-refractivity contribution < 1.29 is 4.42 Å². The first-order chi connectivity index (χ1) is 25.3. The zero-order valence-corrected chi connectivity index (χ0v) is 28.5. The predicted molar refractivity (Wildman–Crippen MR) is 218 cm³/mol. The third-order valence-corrected chi connectivity index (χ3v) is 11.1. The van der Waals surface area contributed by atoms with Gasteiger partial charge in [-0.3, -0.25) is 0 Å². The number of fused-ring (bicyclic) bond motifs is 6. The first kappa shape index (κ1) is 29.5. The van der Waals surface area contributed by atoms with Gasteiger partial charge in [-0.15, -0.1) is 11.3 Å². The Morgan fingerprint density at radius 2 is 1.04 bits per heavy atom. The molecule has 3 heteroatoms. The molecule has 0 saturated carbocycles. The van der Waals surface area contributed by atoms with E-state index >= 15 is 0 Å². The van der Waals surface area contributed by atoms with Crippen LogP contribution in [0.4, 0.5) is 17.1 Å². The summed E-state index contributed by atoms with van der Waals surface area (Å²) in [5.41, 5.74) is 12.3. The maximum atomic E-state index is 6.25. The highest BCUT2D eigenvalue weighted by atomic mass is 32.1. The van der Waals surface area contributed by atoms with E-state index in [1.54, 1.807) is 0 Å². The van der Waals surface area contributed by atoms with E-state index in [1.807, 2.05) is 23.5 Å². The molecule has 0 atom stereocenters. The number of nitrogens with zero attached hydrogens (tertiary/aromatic N) is 1. The highest BCUT2D eigenvalue weighted by Gasteiger charge is 2.23. The molecule has 0 aliphatic carbocycles. The molecule has 2 nitrogen and oxygen atoms in total. The summed E-state index contributed by atoms with van der Waals surface area (Å²) < 4.78 is 8.80. The molecule has 240 valence electrons. The van der Waals surface area contributed by atoms with Gasteiger partial charge in [0.2, 0.25) is 0 Å². The summed E-state index contributed by atoms with van der Waals surface area (Å²) in [6, 6.07) is 67.4. The Morgan fingerprint density at radius 3 is 1.86 bits per heavy atom. The maximum Gasteiger partial charge on any atom is 0.136 e. The summed E-state index contributed by atoms with van der Waals surface area (Å²) in [7, 11) is 0. The van der Waals surface area contributed by atoms with Gasteiger partial charge in [0.1, 0.15) is 11.2 Å². The van der Waals surface area contributed by atoms with Crippen molar-refractivity contribution in [1.29, 1.82) is 0 Å². The van der Waals surface area contributed by atoms with Crippen LogP contribution in [0.25, 0.3) is 75.5 Å². The van der Waals surface area contributed by atoms with E-state index < -0.39 is 0 Å². The second kappa shape index (κ2) is 12.2. The number of para-hydroxylation sites is 1. The molecule has 0 unspecified atom stereocenters. The fourth-order valence-corrected chi connectivity index (χ4v) is 8.76. The molecule has 0 aliphatic heterocycles. The van der Waals surface area contributed by atoms with Crippen LogP contribution in [0.3, 0.4) is 0 Å². The van der Waals surface area contributed by atoms with E-state index in [1.165, 1.54) is 53.7 Å². The van der Waals surface area contributed by atoms with E-state index in [0.29, 0.717) is 0 Å². The lowest BCUT2D eigenvalue weighted by Crippen LogP contribution is -2.11. The molecule has 2 heterocycles. The Bertz CT molecular complexity index is 2850. The first-order valence-corrected chi connectivity index (χ1v) is 18.1. The number of anilines is 3. The molecule has 0 spiro atoms. The lowest BCUT2D eigenvalue weighted by molar-refractivity contribution is 0.669. The number of benzene rings is 8. The Kier molecular flexibility index (Phi) is 7.04. The zero-order valence-electron chi connectivity index (χ0n) is 27.7. The van der Waals surface area contributed by atoms with Crippen LogP contribution in [0.2, 0.25) is 0 Å². The van der Waals surface area contributed by atoms with E-state index in [9.17, 15) is 0 Å². The summed E-state index contributed by atoms with van der Waals surface area (Å²) in [5, 5.41) is 4.84. The van der Waals surface area contributed by atoms with Crippen LogP contribution in [0.1, 0.15) is 0 Å². The SMILES string of the molecule is c1ccc(-c2cccc(N(c3ccc(-c4cccc5oc6ccccc6c45)cc3)c3c(-c4ccccc4)ccc4c3sc3ccccc34)c2)cc1. The molecule has 0 aliphatic rings. The number of rotatable bonds is 6. The van der Waals surface area contributed by atoms with Gasteiger partial charge < -0.3 is 9.32 Å². The van der Waals surface area contributed by atoms with Crippen LogP contribution < -0.4 is 4.90 Å². The van der Waals surface area contributed by atoms with Crippen molar-refractivity contribution in [3.8, 4) is 33.4 Å². The third kappa shape index (κ3) is 5.01. The average molecular weight is 670 g/mol. The van der Waals surface area contributed by atoms with Gasteiger partial charge in [0.15, 0.2) is 0 Å². The number of thiophene rings is 1. The van der Waals surface area contributed by atoms with Crippen molar-refractivity contribution in [3.63, 3.8) is 0 Å². The molecule has 0 bridgehead atoms. The minimum atomic E-state index is 0.904. The van der Waals surface area contributed by atoms with Crippen molar-refractivity contribution >= 4 is 70.5 Å². The number of hydrogen-bond acceptors (Lipinski definition) is 3. The Hall–Kier alpha value is -6.42. The first-order valence-electron chi connectivity index (χ1n) is 17.3. The summed E-state index contributed by atoms with van der Waals surface area (Å²) in [6.07, 6.45) is 0. The Morgan fingerprint density at radius 1 is 0.392 bits per heavy atom. The molecule has 0 saturated heterocycles. The van der Waals surface area contributed by atoms with E-state index in [-0.39, 0.29) is 0 Å². The minimum absolute atomic E-state index is 0.904. The van der Waals surface area contributed by atoms with Gasteiger partial charge in [-0.05, 0) is 70.3 Å². The van der Waals surface area contributed by atoms with Crippen molar-refractivity contribution in [2.45, 2.75) is 0 Å². The predicted octanol–water partition coefficient (Wildman–Crippen LogP) is 14.4. The monoisotopic (exact) mass is 669 g/mol. The van der Waals surface area contributed by atoms with Crippen molar-refractivity contribution in [2.75, 3.05) is 4.90 Å². The van der Waals surface area contributed by atoms with Gasteiger partial charge in [-0.1, -0.05) is 146 Å². The fraction of sp³-hybridized carbons (Fsp3) is 0. The Balaban J connectivity index is 1.23. The van der Waals surface area contributed by atoms with Crippen LogP contribution in [0.15, 0.2) is 192 Å². The van der Waals surface area contributed by atoms with Gasteiger partial charge in [0.25, 0.3) is 0 Å². The summed E-state index contributed by atoms with van der Waals surface area (Å²) in [4.78, 5) is 2.46. The quantitative estimate of drug-likeness (QED) is 0.175. The van der Waals surface area contributed by atoms with Crippen molar-refractivity contribution in [3.05, 3.63) is 188 Å². The maximum absolute atomic E-state index is 6.25. The summed E-state index contributed by atoms with van der Waals surface area (Å²) in [5.74, 6) is 0. The van der Waals surface area contributed by atoms with E-state index in [4.69, 9.17) is 4.42 Å². The summed E-state index contributed by atoms with van der Waals surface area (Å²) >= 11 is 1.87. The van der Waals surface area contributed by atoms with Crippen molar-refractivity contribution in [1.82, 2.24) is 0 Å². The largest absolute Gasteiger partial charge is 0.456 e. The van der Waals surface area contributed by atoms with Crippen LogP contribution >= 0.6 is 11.3 Å². The standard InChI is InChI=1S/C48H31NOS/c1-3-13-32(14-4-1)35-17-11-18-37(31-35)49(36-27-25-34(26-28-36)38-21-12-23-44-46(38)42-20-7-9-22-43(42)50-44)47-39(33-15-5-2-6-16-33)29-30-41-40-19-8-10-24-45(40)51-48(41)47/h1-31H. The Labute approximate surface area is 300 Å². The molecule has 0 N–H and O–H groups in total. The number of furan rings is 1. The van der Waals surface area contributed by atoms with Gasteiger partial charge in [0, 0.05) is 43.2 Å². The van der Waals surface area contributed by atoms with Crippen LogP contribution in [-0.2, 0) is 0 Å². The third-order valence-electron chi connectivity index (χ3n) is 9.88. The van der Waals surface area contributed by atoms with Gasteiger partial charge in [-0.25, -0.2) is 0 Å². The molecule has 0 amide bonds. The molecule has 8 aromatic carbocycles. The normalized spacial score (nSPS) is 11.5. The van der Waals surface area contributed by atoms with Crippen molar-refractivity contribution in [2.24, 2.45) is 0 Å². The van der Waals surface area contributed by atoms with Gasteiger partial charge in [0.05, 0.1) is 10.4 Å². The lowest BCUT2D eigenvalue weighted by Gasteiger charge is -2.29. The average Bonchev–Trinajstić information content (AvgIpc) is 3.78. The molecular formula is C48H31NOS. The van der Waals surface area contributed by atoms with Crippen LogP contribution in [-0.4, -0.2) is 0 Å². The summed E-state index contributed by atoms with van der Waals surface area (Å²) in [6.45, 7) is 0. The zero-order chi connectivity index (χ0) is 33.7. The van der Waals surface area contributed by atoms with Crippen LogP contribution in [0, 0.1) is 0 Å². The highest BCUT2D eigenvalue weighted by molar-refractivity contribution is 7.26. The van der Waals surface area contributed by atoms with Crippen LogP contribution in [0.5, 0.6) is 0 Å². The fourth-order valence-electron chi connectivity index (χ4n) is 7.52. The molecule has 10 aromatic rings. The smallest absolute Gasteiger partial charge is 0.136 e. The topological polar surface area (TPSA) is 16.4 Å². The van der Waals surface area contributed by atoms with Gasteiger partial charge >= 0.3 is 0 Å².